The van der Waals surface area contributed by atoms with Gasteiger partial charge in [0.2, 0.25) is 5.91 Å². The Labute approximate surface area is 105 Å². The summed E-state index contributed by atoms with van der Waals surface area (Å²) in [4.78, 5) is 11.8. The third-order valence-corrected chi connectivity index (χ3v) is 2.60. The Morgan fingerprint density at radius 1 is 1.53 bits per heavy atom. The van der Waals surface area contributed by atoms with E-state index in [1.807, 2.05) is 6.07 Å². The summed E-state index contributed by atoms with van der Waals surface area (Å²) >= 11 is 5.94. The molecule has 5 heteroatoms. The van der Waals surface area contributed by atoms with E-state index in [0.717, 1.165) is 0 Å². The van der Waals surface area contributed by atoms with Crippen molar-refractivity contribution in [3.8, 4) is 11.8 Å². The monoisotopic (exact) mass is 252 g/mol. The molecule has 0 saturated carbocycles. The number of carbonyl (C=O) groups is 1. The maximum Gasteiger partial charge on any atom is 0.244 e. The van der Waals surface area contributed by atoms with Crippen LogP contribution in [0.4, 0.5) is 5.69 Å². The number of benzene rings is 1. The van der Waals surface area contributed by atoms with E-state index in [-0.39, 0.29) is 0 Å². The molecule has 1 amide bonds. The molecule has 1 aromatic carbocycles. The number of methoxy groups -OCH3 is 1. The van der Waals surface area contributed by atoms with Crippen molar-refractivity contribution >= 4 is 23.2 Å². The molecule has 0 aliphatic rings. The van der Waals surface area contributed by atoms with Gasteiger partial charge in [0, 0.05) is 6.07 Å². The van der Waals surface area contributed by atoms with Crippen LogP contribution in [-0.4, -0.2) is 13.0 Å². The molecule has 0 bridgehead atoms. The highest BCUT2D eigenvalue weighted by molar-refractivity contribution is 6.33. The van der Waals surface area contributed by atoms with Crippen molar-refractivity contribution in [2.45, 2.75) is 13.8 Å². The molecule has 0 atom stereocenters. The maximum absolute atomic E-state index is 11.8. The molecule has 0 unspecified atom stereocenters. The minimum absolute atomic E-state index is 0.396. The quantitative estimate of drug-likeness (QED) is 0.900. The zero-order valence-corrected chi connectivity index (χ0v) is 10.6. The number of amides is 1. The molecular weight excluding hydrogens is 240 g/mol. The number of nitrogens with zero attached hydrogens (tertiary/aromatic N) is 1. The SMILES string of the molecule is COc1ccc(Cl)c(NC(=O)C(C)(C)C#N)c1. The molecule has 0 spiro atoms. The standard InChI is InChI=1S/C12H13ClN2O2/c1-12(2,7-14)11(16)15-10-6-8(17-3)4-5-9(10)13/h4-6H,1-3H3,(H,15,16). The number of hydrogen-bond donors (Lipinski definition) is 1. The second-order valence-electron chi connectivity index (χ2n) is 4.04. The Morgan fingerprint density at radius 2 is 2.18 bits per heavy atom. The van der Waals surface area contributed by atoms with Gasteiger partial charge in [0.25, 0.3) is 0 Å². The van der Waals surface area contributed by atoms with Crippen molar-refractivity contribution in [3.63, 3.8) is 0 Å². The molecule has 0 heterocycles. The first-order valence-electron chi connectivity index (χ1n) is 4.97. The Morgan fingerprint density at radius 3 is 2.71 bits per heavy atom. The average Bonchev–Trinajstić information content (AvgIpc) is 2.31. The van der Waals surface area contributed by atoms with Crippen LogP contribution >= 0.6 is 11.6 Å². The first kappa shape index (κ1) is 13.3. The fourth-order valence-electron chi connectivity index (χ4n) is 1.06. The first-order valence-corrected chi connectivity index (χ1v) is 5.35. The highest BCUT2D eigenvalue weighted by Crippen LogP contribution is 2.28. The molecule has 0 aliphatic carbocycles. The van der Waals surface area contributed by atoms with E-state index in [0.29, 0.717) is 16.5 Å². The van der Waals surface area contributed by atoms with Crippen molar-refractivity contribution < 1.29 is 9.53 Å². The minimum Gasteiger partial charge on any atom is -0.497 e. The van der Waals surface area contributed by atoms with Gasteiger partial charge in [0.1, 0.15) is 11.2 Å². The highest BCUT2D eigenvalue weighted by atomic mass is 35.5. The topological polar surface area (TPSA) is 62.1 Å². The van der Waals surface area contributed by atoms with E-state index >= 15 is 0 Å². The van der Waals surface area contributed by atoms with Crippen LogP contribution in [0.25, 0.3) is 0 Å². The van der Waals surface area contributed by atoms with Crippen LogP contribution in [0, 0.1) is 16.7 Å². The number of hydrogen-bond acceptors (Lipinski definition) is 3. The van der Waals surface area contributed by atoms with Gasteiger partial charge in [-0.2, -0.15) is 5.26 Å². The molecule has 0 aromatic heterocycles. The fourth-order valence-corrected chi connectivity index (χ4v) is 1.22. The first-order chi connectivity index (χ1) is 7.90. The summed E-state index contributed by atoms with van der Waals surface area (Å²) in [6.45, 7) is 3.08. The van der Waals surface area contributed by atoms with Gasteiger partial charge >= 0.3 is 0 Å². The number of rotatable bonds is 3. The molecule has 90 valence electrons. The second-order valence-corrected chi connectivity index (χ2v) is 4.44. The van der Waals surface area contributed by atoms with Gasteiger partial charge in [-0.3, -0.25) is 4.79 Å². The fraction of sp³-hybridized carbons (Fsp3) is 0.333. The molecule has 1 rings (SSSR count). The minimum atomic E-state index is -1.10. The summed E-state index contributed by atoms with van der Waals surface area (Å²) in [5, 5.41) is 11.8. The van der Waals surface area contributed by atoms with E-state index in [2.05, 4.69) is 5.32 Å². The Hall–Kier alpha value is -1.73. The Kier molecular flexibility index (Phi) is 3.97. The van der Waals surface area contributed by atoms with Crippen molar-refractivity contribution in [2.24, 2.45) is 5.41 Å². The van der Waals surface area contributed by atoms with Crippen molar-refractivity contribution in [3.05, 3.63) is 23.2 Å². The Balaban J connectivity index is 2.96. The van der Waals surface area contributed by atoms with Crippen LogP contribution in [0.15, 0.2) is 18.2 Å². The molecule has 0 saturated heterocycles. The van der Waals surface area contributed by atoms with Gasteiger partial charge in [0.05, 0.1) is 23.9 Å². The number of carbonyl (C=O) groups excluding carboxylic acids is 1. The Bertz CT molecular complexity index is 478. The lowest BCUT2D eigenvalue weighted by molar-refractivity contribution is -0.121. The van der Waals surface area contributed by atoms with Crippen LogP contribution in [0.1, 0.15) is 13.8 Å². The number of nitrogens with one attached hydrogen (secondary N) is 1. The van der Waals surface area contributed by atoms with E-state index < -0.39 is 11.3 Å². The predicted octanol–water partition coefficient (Wildman–Crippen LogP) is 2.84. The lowest BCUT2D eigenvalue weighted by Crippen LogP contribution is -2.29. The van der Waals surface area contributed by atoms with Crippen LogP contribution in [0.2, 0.25) is 5.02 Å². The summed E-state index contributed by atoms with van der Waals surface area (Å²) in [7, 11) is 1.52. The van der Waals surface area contributed by atoms with E-state index in [1.165, 1.54) is 21.0 Å². The van der Waals surface area contributed by atoms with Crippen LogP contribution in [-0.2, 0) is 4.79 Å². The number of nitriles is 1. The number of halogens is 1. The number of ether oxygens (including phenoxy) is 1. The van der Waals surface area contributed by atoms with Crippen molar-refractivity contribution in [2.75, 3.05) is 12.4 Å². The lowest BCUT2D eigenvalue weighted by Gasteiger charge is -2.16. The van der Waals surface area contributed by atoms with Gasteiger partial charge in [-0.05, 0) is 26.0 Å². The normalized spacial score (nSPS) is 10.5. The van der Waals surface area contributed by atoms with Crippen molar-refractivity contribution in [1.82, 2.24) is 0 Å². The molecule has 1 aromatic rings. The molecule has 0 fully saturated rings. The molecule has 17 heavy (non-hydrogen) atoms. The third kappa shape index (κ3) is 3.11. The summed E-state index contributed by atoms with van der Waals surface area (Å²) in [6, 6.07) is 6.84. The summed E-state index contributed by atoms with van der Waals surface area (Å²) in [6.07, 6.45) is 0. The molecule has 0 aliphatic heterocycles. The van der Waals surface area contributed by atoms with E-state index in [9.17, 15) is 4.79 Å². The predicted molar refractivity (Wildman–Crippen MR) is 66.0 cm³/mol. The molecular formula is C12H13ClN2O2. The molecule has 0 radical (unpaired) electrons. The maximum atomic E-state index is 11.8. The molecule has 1 N–H and O–H groups in total. The molecule has 4 nitrogen and oxygen atoms in total. The lowest BCUT2D eigenvalue weighted by atomic mass is 9.94. The van der Waals surface area contributed by atoms with E-state index in [1.54, 1.807) is 18.2 Å². The van der Waals surface area contributed by atoms with E-state index in [4.69, 9.17) is 21.6 Å². The zero-order valence-electron chi connectivity index (χ0n) is 9.87. The van der Waals surface area contributed by atoms with Gasteiger partial charge < -0.3 is 10.1 Å². The number of anilines is 1. The van der Waals surface area contributed by atoms with Crippen molar-refractivity contribution in [1.29, 1.82) is 5.26 Å². The highest BCUT2D eigenvalue weighted by Gasteiger charge is 2.27. The second kappa shape index (κ2) is 5.07. The van der Waals surface area contributed by atoms with Crippen LogP contribution in [0.3, 0.4) is 0 Å². The van der Waals surface area contributed by atoms with Crippen LogP contribution in [0.5, 0.6) is 5.75 Å². The largest absolute Gasteiger partial charge is 0.497 e. The van der Waals surface area contributed by atoms with Gasteiger partial charge in [-0.1, -0.05) is 11.6 Å². The third-order valence-electron chi connectivity index (χ3n) is 2.27. The van der Waals surface area contributed by atoms with Crippen LogP contribution < -0.4 is 10.1 Å². The average molecular weight is 253 g/mol. The summed E-state index contributed by atoms with van der Waals surface area (Å²) < 4.78 is 5.03. The zero-order chi connectivity index (χ0) is 13.1. The smallest absolute Gasteiger partial charge is 0.244 e. The van der Waals surface area contributed by atoms with Gasteiger partial charge in [-0.25, -0.2) is 0 Å². The summed E-state index contributed by atoms with van der Waals surface area (Å²) in [5.74, 6) is 0.176. The summed E-state index contributed by atoms with van der Waals surface area (Å²) in [5.41, 5.74) is -0.675. The van der Waals surface area contributed by atoms with Gasteiger partial charge in [-0.15, -0.1) is 0 Å². The van der Waals surface area contributed by atoms with Gasteiger partial charge in [0.15, 0.2) is 0 Å².